The Kier molecular flexibility index (Phi) is 3.73. The minimum absolute atomic E-state index is 0.180. The number of nitrogens with one attached hydrogen (secondary N) is 1. The number of carbonyl (C=O) groups is 1. The summed E-state index contributed by atoms with van der Waals surface area (Å²) in [6.07, 6.45) is 0. The third kappa shape index (κ3) is 2.47. The average molecular weight is 239 g/mol. The lowest BCUT2D eigenvalue weighted by molar-refractivity contribution is -0.141. The Bertz CT molecular complexity index is 278. The summed E-state index contributed by atoms with van der Waals surface area (Å²) in [6.45, 7) is 10.3. The van der Waals surface area contributed by atoms with Crippen LogP contribution in [0.25, 0.3) is 0 Å². The maximum absolute atomic E-state index is 12.4. The van der Waals surface area contributed by atoms with E-state index in [1.807, 2.05) is 0 Å². The summed E-state index contributed by atoms with van der Waals surface area (Å²) >= 11 is 0. The summed E-state index contributed by atoms with van der Waals surface area (Å²) in [7, 11) is 2.15. The summed E-state index contributed by atoms with van der Waals surface area (Å²) in [6, 6.07) is 0.934. The number of rotatable bonds is 2. The topological polar surface area (TPSA) is 35.6 Å². The highest BCUT2D eigenvalue weighted by Gasteiger charge is 2.35. The number of hydrogen-bond acceptors (Lipinski definition) is 3. The second-order valence-corrected chi connectivity index (χ2v) is 5.81. The van der Waals surface area contributed by atoms with Gasteiger partial charge in [0.05, 0.1) is 0 Å². The van der Waals surface area contributed by atoms with Crippen molar-refractivity contribution >= 4 is 5.91 Å². The van der Waals surface area contributed by atoms with E-state index in [4.69, 9.17) is 0 Å². The lowest BCUT2D eigenvalue weighted by Gasteiger charge is -2.44. The number of nitrogens with zero attached hydrogens (tertiary/aromatic N) is 2. The van der Waals surface area contributed by atoms with Crippen molar-refractivity contribution < 1.29 is 4.79 Å². The molecular formula is C13H25N3O. The molecule has 3 atom stereocenters. The number of likely N-dealkylation sites (N-methyl/N-ethyl adjacent to an activating group) is 1. The molecule has 2 aliphatic heterocycles. The van der Waals surface area contributed by atoms with Crippen LogP contribution in [0.4, 0.5) is 0 Å². The molecule has 1 N–H and O–H groups in total. The standard InChI is InChI=1S/C13H25N3O/c1-9-7-16(8-10(2)15(9)4)13(17)11(3)12-5-14-6-12/h9-12,14H,5-8H2,1-4H3. The molecule has 2 aliphatic rings. The lowest BCUT2D eigenvalue weighted by Crippen LogP contribution is -2.59. The molecule has 0 saturated carbocycles. The van der Waals surface area contributed by atoms with Crippen molar-refractivity contribution in [3.8, 4) is 0 Å². The molecule has 3 unspecified atom stereocenters. The van der Waals surface area contributed by atoms with Gasteiger partial charge in [-0.25, -0.2) is 0 Å². The molecule has 2 heterocycles. The number of amides is 1. The molecule has 17 heavy (non-hydrogen) atoms. The molecule has 2 fully saturated rings. The SMILES string of the molecule is CC(C(=O)N1CC(C)N(C)C(C)C1)C1CNC1. The fourth-order valence-corrected chi connectivity index (χ4v) is 2.74. The number of piperazine rings is 1. The van der Waals surface area contributed by atoms with Crippen molar-refractivity contribution in [1.29, 1.82) is 0 Å². The van der Waals surface area contributed by atoms with Gasteiger partial charge in [-0.15, -0.1) is 0 Å². The first-order valence-corrected chi connectivity index (χ1v) is 6.72. The molecule has 2 saturated heterocycles. The van der Waals surface area contributed by atoms with Gasteiger partial charge in [-0.3, -0.25) is 9.69 Å². The van der Waals surface area contributed by atoms with E-state index in [-0.39, 0.29) is 5.92 Å². The van der Waals surface area contributed by atoms with Crippen LogP contribution < -0.4 is 5.32 Å². The third-order valence-corrected chi connectivity index (χ3v) is 4.58. The number of hydrogen-bond donors (Lipinski definition) is 1. The molecule has 0 aromatic carbocycles. The lowest BCUT2D eigenvalue weighted by atomic mass is 9.87. The fraction of sp³-hybridized carbons (Fsp3) is 0.923. The van der Waals surface area contributed by atoms with Crippen LogP contribution in [0, 0.1) is 11.8 Å². The van der Waals surface area contributed by atoms with E-state index in [0.29, 0.717) is 23.9 Å². The normalized spacial score (nSPS) is 33.3. The third-order valence-electron chi connectivity index (χ3n) is 4.58. The van der Waals surface area contributed by atoms with E-state index >= 15 is 0 Å². The van der Waals surface area contributed by atoms with Gasteiger partial charge < -0.3 is 10.2 Å². The van der Waals surface area contributed by atoms with Crippen LogP contribution in [0.1, 0.15) is 20.8 Å². The molecule has 0 aromatic rings. The van der Waals surface area contributed by atoms with Crippen LogP contribution in [-0.4, -0.2) is 61.0 Å². The van der Waals surface area contributed by atoms with Gasteiger partial charge in [0.25, 0.3) is 0 Å². The molecule has 2 rings (SSSR count). The highest BCUT2D eigenvalue weighted by Crippen LogP contribution is 2.21. The molecule has 0 aliphatic carbocycles. The Labute approximate surface area is 104 Å². The van der Waals surface area contributed by atoms with Crippen molar-refractivity contribution in [2.45, 2.75) is 32.9 Å². The van der Waals surface area contributed by atoms with Crippen LogP contribution >= 0.6 is 0 Å². The smallest absolute Gasteiger partial charge is 0.225 e. The van der Waals surface area contributed by atoms with Crippen LogP contribution in [-0.2, 0) is 4.79 Å². The second kappa shape index (κ2) is 4.94. The van der Waals surface area contributed by atoms with Crippen LogP contribution in [0.15, 0.2) is 0 Å². The zero-order chi connectivity index (χ0) is 12.6. The Morgan fingerprint density at radius 1 is 1.24 bits per heavy atom. The van der Waals surface area contributed by atoms with Crippen LogP contribution in [0.5, 0.6) is 0 Å². The van der Waals surface area contributed by atoms with Crippen LogP contribution in [0.2, 0.25) is 0 Å². The first-order chi connectivity index (χ1) is 8.00. The first-order valence-electron chi connectivity index (χ1n) is 6.72. The van der Waals surface area contributed by atoms with Gasteiger partial charge in [-0.1, -0.05) is 6.92 Å². The van der Waals surface area contributed by atoms with Crippen molar-refractivity contribution in [1.82, 2.24) is 15.1 Å². The van der Waals surface area contributed by atoms with E-state index in [1.54, 1.807) is 0 Å². The molecule has 4 heteroatoms. The summed E-state index contributed by atoms with van der Waals surface area (Å²) in [5.41, 5.74) is 0. The molecule has 0 radical (unpaired) electrons. The van der Waals surface area contributed by atoms with Gasteiger partial charge in [0.2, 0.25) is 5.91 Å². The van der Waals surface area contributed by atoms with E-state index in [9.17, 15) is 4.79 Å². The van der Waals surface area contributed by atoms with Gasteiger partial charge in [-0.2, -0.15) is 0 Å². The molecule has 0 aromatic heterocycles. The van der Waals surface area contributed by atoms with Crippen molar-refractivity contribution in [2.75, 3.05) is 33.2 Å². The van der Waals surface area contributed by atoms with E-state index in [2.05, 4.69) is 42.9 Å². The Balaban J connectivity index is 1.95. The summed E-state index contributed by atoms with van der Waals surface area (Å²) in [5, 5.41) is 3.25. The minimum atomic E-state index is 0.180. The van der Waals surface area contributed by atoms with Crippen molar-refractivity contribution in [3.63, 3.8) is 0 Å². The summed E-state index contributed by atoms with van der Waals surface area (Å²) < 4.78 is 0. The van der Waals surface area contributed by atoms with Gasteiger partial charge in [0.15, 0.2) is 0 Å². The van der Waals surface area contributed by atoms with Crippen molar-refractivity contribution in [2.24, 2.45) is 11.8 Å². The predicted octanol–water partition coefficient (Wildman–Crippen LogP) is 0.393. The highest BCUT2D eigenvalue weighted by atomic mass is 16.2. The van der Waals surface area contributed by atoms with Crippen LogP contribution in [0.3, 0.4) is 0 Å². The van der Waals surface area contributed by atoms with E-state index in [1.165, 1.54) is 0 Å². The fourth-order valence-electron chi connectivity index (χ4n) is 2.74. The maximum Gasteiger partial charge on any atom is 0.225 e. The van der Waals surface area contributed by atoms with Gasteiger partial charge in [0, 0.05) is 31.1 Å². The second-order valence-electron chi connectivity index (χ2n) is 5.81. The molecule has 98 valence electrons. The minimum Gasteiger partial charge on any atom is -0.339 e. The molecule has 0 bridgehead atoms. The monoisotopic (exact) mass is 239 g/mol. The Hall–Kier alpha value is -0.610. The van der Waals surface area contributed by atoms with Gasteiger partial charge >= 0.3 is 0 Å². The maximum atomic E-state index is 12.4. The molecular weight excluding hydrogens is 214 g/mol. The summed E-state index contributed by atoms with van der Waals surface area (Å²) in [5.74, 6) is 1.08. The zero-order valence-electron chi connectivity index (χ0n) is 11.4. The quantitative estimate of drug-likeness (QED) is 0.757. The van der Waals surface area contributed by atoms with E-state index < -0.39 is 0 Å². The first kappa shape index (κ1) is 12.8. The Morgan fingerprint density at radius 3 is 2.18 bits per heavy atom. The molecule has 1 amide bonds. The largest absolute Gasteiger partial charge is 0.339 e. The molecule has 0 spiro atoms. The van der Waals surface area contributed by atoms with E-state index in [0.717, 1.165) is 26.2 Å². The Morgan fingerprint density at radius 2 is 1.76 bits per heavy atom. The molecule has 4 nitrogen and oxygen atoms in total. The highest BCUT2D eigenvalue weighted by molar-refractivity contribution is 5.79. The predicted molar refractivity (Wildman–Crippen MR) is 68.8 cm³/mol. The zero-order valence-corrected chi connectivity index (χ0v) is 11.4. The van der Waals surface area contributed by atoms with Gasteiger partial charge in [0.1, 0.15) is 0 Å². The van der Waals surface area contributed by atoms with Gasteiger partial charge in [-0.05, 0) is 39.9 Å². The van der Waals surface area contributed by atoms with Crippen molar-refractivity contribution in [3.05, 3.63) is 0 Å². The number of carbonyl (C=O) groups excluding carboxylic acids is 1. The summed E-state index contributed by atoms with van der Waals surface area (Å²) in [4.78, 5) is 16.8. The average Bonchev–Trinajstić information content (AvgIpc) is 2.21.